The number of nitrogen functional groups attached to an aromatic ring is 1. The monoisotopic (exact) mass is 263 g/mol. The minimum atomic E-state index is -0.243. The van der Waals surface area contributed by atoms with Crippen LogP contribution in [0.25, 0.3) is 10.8 Å². The summed E-state index contributed by atoms with van der Waals surface area (Å²) < 4.78 is 0. The van der Waals surface area contributed by atoms with E-state index in [1.807, 2.05) is 48.5 Å². The number of pyridine rings is 1. The number of para-hydroxylation sites is 1. The lowest BCUT2D eigenvalue weighted by molar-refractivity contribution is 0.102. The van der Waals surface area contributed by atoms with E-state index in [9.17, 15) is 4.79 Å². The minimum absolute atomic E-state index is 0.243. The van der Waals surface area contributed by atoms with Crippen LogP contribution in [0.2, 0.25) is 0 Å². The lowest BCUT2D eigenvalue weighted by atomic mass is 10.1. The topological polar surface area (TPSA) is 68.0 Å². The number of fused-ring (bicyclic) bond motifs is 1. The van der Waals surface area contributed by atoms with E-state index in [4.69, 9.17) is 5.73 Å². The highest BCUT2D eigenvalue weighted by Crippen LogP contribution is 2.23. The molecule has 0 saturated heterocycles. The van der Waals surface area contributed by atoms with Crippen molar-refractivity contribution >= 4 is 28.1 Å². The summed E-state index contributed by atoms with van der Waals surface area (Å²) >= 11 is 0. The molecule has 3 N–H and O–H groups in total. The van der Waals surface area contributed by atoms with Crippen LogP contribution in [0.3, 0.4) is 0 Å². The second kappa shape index (κ2) is 5.01. The molecule has 3 aromatic rings. The molecule has 0 atom stereocenters. The highest BCUT2D eigenvalue weighted by atomic mass is 16.1. The van der Waals surface area contributed by atoms with E-state index in [2.05, 4.69) is 10.3 Å². The van der Waals surface area contributed by atoms with Crippen LogP contribution in [0.5, 0.6) is 0 Å². The van der Waals surface area contributed by atoms with Gasteiger partial charge in [0.05, 0.1) is 0 Å². The zero-order valence-electron chi connectivity index (χ0n) is 10.7. The van der Waals surface area contributed by atoms with Gasteiger partial charge in [0.15, 0.2) is 0 Å². The lowest BCUT2D eigenvalue weighted by Gasteiger charge is -2.08. The first kappa shape index (κ1) is 12.2. The Morgan fingerprint density at radius 2 is 1.75 bits per heavy atom. The molecule has 1 heterocycles. The molecule has 0 saturated carbocycles. The van der Waals surface area contributed by atoms with Crippen LogP contribution < -0.4 is 11.1 Å². The highest BCUT2D eigenvalue weighted by Gasteiger charge is 2.12. The van der Waals surface area contributed by atoms with Gasteiger partial charge in [-0.25, -0.2) is 0 Å². The molecule has 3 rings (SSSR count). The number of hydrogen-bond acceptors (Lipinski definition) is 3. The van der Waals surface area contributed by atoms with Gasteiger partial charge in [-0.3, -0.25) is 9.78 Å². The van der Waals surface area contributed by atoms with Gasteiger partial charge in [0, 0.05) is 28.3 Å². The Hall–Kier alpha value is -2.88. The van der Waals surface area contributed by atoms with Crippen LogP contribution in [0.4, 0.5) is 11.4 Å². The Labute approximate surface area is 116 Å². The average molecular weight is 263 g/mol. The van der Waals surface area contributed by atoms with E-state index < -0.39 is 0 Å². The highest BCUT2D eigenvalue weighted by molar-refractivity contribution is 6.12. The summed E-state index contributed by atoms with van der Waals surface area (Å²) in [4.78, 5) is 16.5. The third-order valence-corrected chi connectivity index (χ3v) is 3.09. The molecular formula is C16H13N3O. The molecule has 0 aliphatic rings. The Balaban J connectivity index is 2.02. The molecule has 20 heavy (non-hydrogen) atoms. The van der Waals surface area contributed by atoms with Crippen LogP contribution >= 0.6 is 0 Å². The number of hydrogen-bond donors (Lipinski definition) is 2. The van der Waals surface area contributed by atoms with Crippen molar-refractivity contribution in [3.8, 4) is 0 Å². The number of aromatic nitrogens is 1. The molecule has 0 bridgehead atoms. The number of rotatable bonds is 2. The van der Waals surface area contributed by atoms with Gasteiger partial charge in [-0.05, 0) is 24.3 Å². The Morgan fingerprint density at radius 3 is 2.55 bits per heavy atom. The Kier molecular flexibility index (Phi) is 3.05. The van der Waals surface area contributed by atoms with Gasteiger partial charge in [0.25, 0.3) is 5.91 Å². The van der Waals surface area contributed by atoms with Crippen molar-refractivity contribution in [2.45, 2.75) is 0 Å². The van der Waals surface area contributed by atoms with Gasteiger partial charge in [-0.2, -0.15) is 0 Å². The summed E-state index contributed by atoms with van der Waals surface area (Å²) in [5.41, 5.74) is 7.67. The predicted octanol–water partition coefficient (Wildman–Crippen LogP) is 3.07. The third kappa shape index (κ3) is 2.19. The van der Waals surface area contributed by atoms with E-state index in [-0.39, 0.29) is 5.91 Å². The zero-order valence-corrected chi connectivity index (χ0v) is 10.7. The minimum Gasteiger partial charge on any atom is -0.398 e. The van der Waals surface area contributed by atoms with Gasteiger partial charge in [0.2, 0.25) is 0 Å². The first-order valence-electron chi connectivity index (χ1n) is 6.25. The summed E-state index contributed by atoms with van der Waals surface area (Å²) in [7, 11) is 0. The van der Waals surface area contributed by atoms with Crippen molar-refractivity contribution < 1.29 is 4.79 Å². The molecule has 0 aliphatic heterocycles. The number of nitrogens with zero attached hydrogens (tertiary/aromatic N) is 1. The number of nitrogens with one attached hydrogen (secondary N) is 1. The van der Waals surface area contributed by atoms with Crippen LogP contribution in [0.15, 0.2) is 60.8 Å². The van der Waals surface area contributed by atoms with Crippen molar-refractivity contribution in [1.82, 2.24) is 4.98 Å². The molecule has 4 nitrogen and oxygen atoms in total. The summed E-state index contributed by atoms with van der Waals surface area (Å²) in [5.74, 6) is -0.243. The maximum absolute atomic E-state index is 12.3. The quantitative estimate of drug-likeness (QED) is 0.698. The fourth-order valence-electron chi connectivity index (χ4n) is 2.12. The molecule has 1 aromatic heterocycles. The molecule has 98 valence electrons. The first-order chi connectivity index (χ1) is 9.75. The van der Waals surface area contributed by atoms with E-state index in [1.54, 1.807) is 12.3 Å². The number of benzene rings is 2. The second-order valence-electron chi connectivity index (χ2n) is 4.42. The van der Waals surface area contributed by atoms with Crippen LogP contribution in [0, 0.1) is 0 Å². The van der Waals surface area contributed by atoms with Crippen molar-refractivity contribution in [1.29, 1.82) is 0 Å². The molecule has 0 radical (unpaired) electrons. The van der Waals surface area contributed by atoms with Gasteiger partial charge in [0.1, 0.15) is 5.69 Å². The molecule has 1 amide bonds. The van der Waals surface area contributed by atoms with E-state index in [1.165, 1.54) is 0 Å². The molecular weight excluding hydrogens is 250 g/mol. The maximum Gasteiger partial charge on any atom is 0.274 e. The largest absolute Gasteiger partial charge is 0.398 e. The second-order valence-corrected chi connectivity index (χ2v) is 4.42. The number of amides is 1. The van der Waals surface area contributed by atoms with Crippen LogP contribution in [0.1, 0.15) is 10.5 Å². The standard InChI is InChI=1S/C16H13N3O/c17-14-8-4-7-13-12(14)9-10-18-15(13)16(20)19-11-5-2-1-3-6-11/h1-10H,17H2,(H,19,20). The summed E-state index contributed by atoms with van der Waals surface area (Å²) in [5, 5.41) is 4.41. The van der Waals surface area contributed by atoms with Gasteiger partial charge in [-0.15, -0.1) is 0 Å². The normalized spacial score (nSPS) is 10.4. The van der Waals surface area contributed by atoms with Crippen molar-refractivity contribution in [2.75, 3.05) is 11.1 Å². The van der Waals surface area contributed by atoms with E-state index in [0.717, 1.165) is 16.5 Å². The number of anilines is 2. The van der Waals surface area contributed by atoms with Crippen LogP contribution in [-0.2, 0) is 0 Å². The fraction of sp³-hybridized carbons (Fsp3) is 0. The Bertz CT molecular complexity index is 769. The predicted molar refractivity (Wildman–Crippen MR) is 80.6 cm³/mol. The lowest BCUT2D eigenvalue weighted by Crippen LogP contribution is -2.14. The van der Waals surface area contributed by atoms with Crippen molar-refractivity contribution in [3.63, 3.8) is 0 Å². The number of carbonyl (C=O) groups excluding carboxylic acids is 1. The molecule has 0 unspecified atom stereocenters. The van der Waals surface area contributed by atoms with Crippen molar-refractivity contribution in [2.24, 2.45) is 0 Å². The first-order valence-corrected chi connectivity index (χ1v) is 6.25. The van der Waals surface area contributed by atoms with E-state index in [0.29, 0.717) is 11.4 Å². The van der Waals surface area contributed by atoms with Crippen molar-refractivity contribution in [3.05, 3.63) is 66.5 Å². The third-order valence-electron chi connectivity index (χ3n) is 3.09. The zero-order chi connectivity index (χ0) is 13.9. The maximum atomic E-state index is 12.3. The molecule has 0 fully saturated rings. The van der Waals surface area contributed by atoms with Crippen LogP contribution in [-0.4, -0.2) is 10.9 Å². The van der Waals surface area contributed by atoms with Gasteiger partial charge in [-0.1, -0.05) is 30.3 Å². The Morgan fingerprint density at radius 1 is 0.950 bits per heavy atom. The van der Waals surface area contributed by atoms with Gasteiger partial charge < -0.3 is 11.1 Å². The average Bonchev–Trinajstić information content (AvgIpc) is 2.48. The number of carbonyl (C=O) groups is 1. The summed E-state index contributed by atoms with van der Waals surface area (Å²) in [6.45, 7) is 0. The smallest absolute Gasteiger partial charge is 0.274 e. The fourth-order valence-corrected chi connectivity index (χ4v) is 2.12. The molecule has 0 spiro atoms. The molecule has 4 heteroatoms. The summed E-state index contributed by atoms with van der Waals surface area (Å²) in [6.07, 6.45) is 1.60. The SMILES string of the molecule is Nc1cccc2c(C(=O)Nc3ccccc3)nccc12. The van der Waals surface area contributed by atoms with E-state index >= 15 is 0 Å². The number of nitrogens with two attached hydrogens (primary N) is 1. The summed E-state index contributed by atoms with van der Waals surface area (Å²) in [6, 6.07) is 16.6. The molecule has 0 aliphatic carbocycles. The van der Waals surface area contributed by atoms with Gasteiger partial charge >= 0.3 is 0 Å². The molecule has 2 aromatic carbocycles.